The molecule has 1 aromatic rings. The lowest BCUT2D eigenvalue weighted by Gasteiger charge is -2.26. The zero-order chi connectivity index (χ0) is 13.4. The summed E-state index contributed by atoms with van der Waals surface area (Å²) in [4.78, 5) is 15.7. The number of rotatable bonds is 2. The van der Waals surface area contributed by atoms with Crippen LogP contribution in [0.15, 0.2) is 0 Å². The zero-order valence-electron chi connectivity index (χ0n) is 10.7. The average molecular weight is 282 g/mol. The fourth-order valence-corrected chi connectivity index (χ4v) is 4.11. The first kappa shape index (κ1) is 13.0. The number of hydrogen-bond donors (Lipinski definition) is 2. The van der Waals surface area contributed by atoms with Crippen LogP contribution >= 0.6 is 11.8 Å². The van der Waals surface area contributed by atoms with Gasteiger partial charge in [-0.25, -0.2) is 9.78 Å². The van der Waals surface area contributed by atoms with Gasteiger partial charge in [0.25, 0.3) is 0 Å². The molecule has 0 bridgehead atoms. The van der Waals surface area contributed by atoms with E-state index in [1.807, 2.05) is 11.8 Å². The van der Waals surface area contributed by atoms with Gasteiger partial charge < -0.3 is 14.8 Å². The van der Waals surface area contributed by atoms with E-state index in [0.29, 0.717) is 31.0 Å². The minimum atomic E-state index is -0.978. The third kappa shape index (κ3) is 2.39. The van der Waals surface area contributed by atoms with E-state index in [2.05, 4.69) is 9.55 Å². The summed E-state index contributed by atoms with van der Waals surface area (Å²) < 4.78 is 2.05. The monoisotopic (exact) mass is 282 g/mol. The van der Waals surface area contributed by atoms with Gasteiger partial charge in [0, 0.05) is 18.9 Å². The Morgan fingerprint density at radius 1 is 1.32 bits per heavy atom. The van der Waals surface area contributed by atoms with E-state index in [1.165, 1.54) is 0 Å². The molecule has 1 aromatic heterocycles. The minimum absolute atomic E-state index is 0.145. The predicted octanol–water partition coefficient (Wildman–Crippen LogP) is 1.50. The van der Waals surface area contributed by atoms with Crippen LogP contribution < -0.4 is 0 Å². The standard InChI is InChI=1S/C13H18N2O3S/c16-9-1-4-15-10(7-9)11(13(17)18)14-12(15)8-2-5-19-6-3-8/h8-9,16H,1-7H2,(H,17,18). The van der Waals surface area contributed by atoms with Gasteiger partial charge in [-0.05, 0) is 30.8 Å². The summed E-state index contributed by atoms with van der Waals surface area (Å²) in [5.41, 5.74) is 0.853. The second kappa shape index (κ2) is 5.17. The van der Waals surface area contributed by atoms with Gasteiger partial charge in [0.05, 0.1) is 11.8 Å². The van der Waals surface area contributed by atoms with Gasteiger partial charge in [0.2, 0.25) is 0 Å². The number of imidazole rings is 1. The Morgan fingerprint density at radius 3 is 2.74 bits per heavy atom. The van der Waals surface area contributed by atoms with E-state index in [4.69, 9.17) is 0 Å². The zero-order valence-corrected chi connectivity index (χ0v) is 11.5. The van der Waals surface area contributed by atoms with Crippen molar-refractivity contribution in [2.24, 2.45) is 0 Å². The number of hydrogen-bond acceptors (Lipinski definition) is 4. The van der Waals surface area contributed by atoms with Crippen LogP contribution in [0.2, 0.25) is 0 Å². The second-order valence-corrected chi connectivity index (χ2v) is 6.48. The average Bonchev–Trinajstić information content (AvgIpc) is 2.78. The molecule has 0 radical (unpaired) electrons. The highest BCUT2D eigenvalue weighted by Gasteiger charge is 2.31. The van der Waals surface area contributed by atoms with E-state index in [9.17, 15) is 15.0 Å². The molecule has 1 atom stereocenters. The molecule has 1 unspecified atom stereocenters. The number of aliphatic hydroxyl groups excluding tert-OH is 1. The largest absolute Gasteiger partial charge is 0.476 e. The summed E-state index contributed by atoms with van der Waals surface area (Å²) in [6.07, 6.45) is 2.82. The summed E-state index contributed by atoms with van der Waals surface area (Å²) >= 11 is 1.95. The van der Waals surface area contributed by atoms with Crippen molar-refractivity contribution in [1.29, 1.82) is 0 Å². The molecule has 104 valence electrons. The normalized spacial score (nSPS) is 24.2. The van der Waals surface area contributed by atoms with E-state index >= 15 is 0 Å². The summed E-state index contributed by atoms with van der Waals surface area (Å²) in [6.45, 7) is 0.690. The molecule has 2 aliphatic heterocycles. The molecule has 1 saturated heterocycles. The third-order valence-corrected chi connectivity index (χ3v) is 5.05. The fourth-order valence-electron chi connectivity index (χ4n) is 3.00. The number of aromatic carboxylic acids is 1. The van der Waals surface area contributed by atoms with Crippen molar-refractivity contribution in [2.75, 3.05) is 11.5 Å². The Hall–Kier alpha value is -1.01. The summed E-state index contributed by atoms with van der Waals surface area (Å²) in [5.74, 6) is 2.58. The number of aliphatic hydroxyl groups is 1. The van der Waals surface area contributed by atoms with Crippen LogP contribution in [-0.2, 0) is 13.0 Å². The van der Waals surface area contributed by atoms with E-state index < -0.39 is 12.1 Å². The molecule has 2 aliphatic rings. The van der Waals surface area contributed by atoms with Gasteiger partial charge in [-0.2, -0.15) is 11.8 Å². The first-order valence-electron chi connectivity index (χ1n) is 6.75. The van der Waals surface area contributed by atoms with Crippen molar-refractivity contribution < 1.29 is 15.0 Å². The van der Waals surface area contributed by atoms with Crippen molar-refractivity contribution in [3.8, 4) is 0 Å². The highest BCUT2D eigenvalue weighted by molar-refractivity contribution is 7.99. The molecule has 6 heteroatoms. The predicted molar refractivity (Wildman–Crippen MR) is 72.8 cm³/mol. The number of aromatic nitrogens is 2. The van der Waals surface area contributed by atoms with E-state index in [0.717, 1.165) is 30.2 Å². The molecule has 0 saturated carbocycles. The van der Waals surface area contributed by atoms with E-state index in [1.54, 1.807) is 0 Å². The first-order valence-corrected chi connectivity index (χ1v) is 7.90. The molecular formula is C13H18N2O3S. The first-order chi connectivity index (χ1) is 9.16. The maximum Gasteiger partial charge on any atom is 0.356 e. The lowest BCUT2D eigenvalue weighted by atomic mass is 10.0. The van der Waals surface area contributed by atoms with Crippen molar-refractivity contribution in [3.63, 3.8) is 0 Å². The summed E-state index contributed by atoms with van der Waals surface area (Å²) in [5, 5.41) is 19.0. The van der Waals surface area contributed by atoms with Crippen LogP contribution in [0.4, 0.5) is 0 Å². The fraction of sp³-hybridized carbons (Fsp3) is 0.692. The molecule has 3 heterocycles. The Labute approximate surface area is 116 Å². The number of carboxylic acids is 1. The Kier molecular flexibility index (Phi) is 3.54. The molecule has 5 nitrogen and oxygen atoms in total. The van der Waals surface area contributed by atoms with Gasteiger partial charge in [0.1, 0.15) is 5.82 Å². The molecule has 0 aliphatic carbocycles. The van der Waals surface area contributed by atoms with Crippen molar-refractivity contribution >= 4 is 17.7 Å². The lowest BCUT2D eigenvalue weighted by Crippen LogP contribution is -2.26. The molecular weight excluding hydrogens is 264 g/mol. The quantitative estimate of drug-likeness (QED) is 0.859. The highest BCUT2D eigenvalue weighted by atomic mass is 32.2. The van der Waals surface area contributed by atoms with Crippen LogP contribution in [0.3, 0.4) is 0 Å². The second-order valence-electron chi connectivity index (χ2n) is 5.26. The number of carboxylic acid groups (broad SMARTS) is 1. The minimum Gasteiger partial charge on any atom is -0.476 e. The van der Waals surface area contributed by atoms with Crippen molar-refractivity contribution in [3.05, 3.63) is 17.2 Å². The topological polar surface area (TPSA) is 75.3 Å². The van der Waals surface area contributed by atoms with E-state index in [-0.39, 0.29) is 5.69 Å². The smallest absolute Gasteiger partial charge is 0.356 e. The molecule has 2 N–H and O–H groups in total. The number of thioether (sulfide) groups is 1. The molecule has 0 aromatic carbocycles. The molecule has 19 heavy (non-hydrogen) atoms. The number of fused-ring (bicyclic) bond motifs is 1. The van der Waals surface area contributed by atoms with Gasteiger partial charge in [-0.3, -0.25) is 0 Å². The third-order valence-electron chi connectivity index (χ3n) is 4.01. The maximum atomic E-state index is 11.3. The van der Waals surface area contributed by atoms with Crippen LogP contribution in [0.5, 0.6) is 0 Å². The van der Waals surface area contributed by atoms with Gasteiger partial charge in [0.15, 0.2) is 5.69 Å². The SMILES string of the molecule is O=C(O)c1nc(C2CCSCC2)n2c1CC(O)CC2. The molecule has 0 amide bonds. The highest BCUT2D eigenvalue weighted by Crippen LogP contribution is 2.34. The van der Waals surface area contributed by atoms with Crippen LogP contribution in [-0.4, -0.2) is 43.3 Å². The Morgan fingerprint density at radius 2 is 2.05 bits per heavy atom. The van der Waals surface area contributed by atoms with Crippen molar-refractivity contribution in [1.82, 2.24) is 9.55 Å². The van der Waals surface area contributed by atoms with Crippen LogP contribution in [0.25, 0.3) is 0 Å². The number of carbonyl (C=O) groups is 1. The Balaban J connectivity index is 2.00. The summed E-state index contributed by atoms with van der Waals surface area (Å²) in [6, 6.07) is 0. The van der Waals surface area contributed by atoms with Gasteiger partial charge in [-0.15, -0.1) is 0 Å². The van der Waals surface area contributed by atoms with Gasteiger partial charge >= 0.3 is 5.97 Å². The lowest BCUT2D eigenvalue weighted by molar-refractivity contribution is 0.0687. The van der Waals surface area contributed by atoms with Crippen molar-refractivity contribution in [2.45, 2.75) is 44.2 Å². The molecule has 1 fully saturated rings. The molecule has 0 spiro atoms. The summed E-state index contributed by atoms with van der Waals surface area (Å²) in [7, 11) is 0. The maximum absolute atomic E-state index is 11.3. The Bertz CT molecular complexity index is 494. The molecule has 3 rings (SSSR count). The van der Waals surface area contributed by atoms with Gasteiger partial charge in [-0.1, -0.05) is 0 Å². The van der Waals surface area contributed by atoms with Crippen LogP contribution in [0, 0.1) is 0 Å². The number of nitrogens with zero attached hydrogens (tertiary/aromatic N) is 2. The van der Waals surface area contributed by atoms with Crippen LogP contribution in [0.1, 0.15) is 47.2 Å².